The Kier molecular flexibility index (Phi) is 3.01. The maximum absolute atomic E-state index is 11.8. The first-order chi connectivity index (χ1) is 9.34. The fourth-order valence-electron chi connectivity index (χ4n) is 6.74. The Morgan fingerprint density at radius 1 is 0.737 bits per heavy atom. The summed E-state index contributed by atoms with van der Waals surface area (Å²) in [4.78, 5) is 11.8. The van der Waals surface area contributed by atoms with Crippen molar-refractivity contribution in [3.05, 3.63) is 0 Å². The van der Waals surface area contributed by atoms with E-state index in [0.717, 1.165) is 29.6 Å². The van der Waals surface area contributed by atoms with Crippen molar-refractivity contribution in [2.24, 2.45) is 35.0 Å². The van der Waals surface area contributed by atoms with Gasteiger partial charge in [0.15, 0.2) is 0 Å². The first-order valence-electron chi connectivity index (χ1n) is 8.80. The topological polar surface area (TPSA) is 17.1 Å². The molecule has 4 fully saturated rings. The van der Waals surface area contributed by atoms with Gasteiger partial charge in [0.05, 0.1) is 0 Å². The molecule has 4 rings (SSSR count). The second-order valence-corrected chi connectivity index (χ2v) is 8.00. The number of carbonyl (C=O) groups is 1. The molecule has 0 radical (unpaired) electrons. The van der Waals surface area contributed by atoms with Crippen molar-refractivity contribution in [3.8, 4) is 0 Å². The molecule has 0 amide bonds. The molecular weight excluding hydrogens is 232 g/mol. The van der Waals surface area contributed by atoms with Crippen molar-refractivity contribution in [3.63, 3.8) is 0 Å². The fourth-order valence-corrected chi connectivity index (χ4v) is 6.74. The molecule has 0 spiro atoms. The van der Waals surface area contributed by atoms with E-state index >= 15 is 0 Å². The maximum atomic E-state index is 11.8. The van der Waals surface area contributed by atoms with Gasteiger partial charge in [-0.1, -0.05) is 25.7 Å². The van der Waals surface area contributed by atoms with Gasteiger partial charge in [0.1, 0.15) is 6.29 Å². The van der Waals surface area contributed by atoms with E-state index in [2.05, 4.69) is 0 Å². The SMILES string of the molecule is O=CC12CCCC[C@@H]1[C@H]1CC[C@@H]3CCC[C@H]3[C@@H]1CC2. The van der Waals surface area contributed by atoms with E-state index in [9.17, 15) is 4.79 Å². The molecule has 19 heavy (non-hydrogen) atoms. The number of aldehydes is 1. The quantitative estimate of drug-likeness (QED) is 0.630. The molecule has 0 heterocycles. The second kappa shape index (κ2) is 4.60. The van der Waals surface area contributed by atoms with E-state index in [0.29, 0.717) is 0 Å². The van der Waals surface area contributed by atoms with E-state index < -0.39 is 0 Å². The minimum Gasteiger partial charge on any atom is -0.303 e. The summed E-state index contributed by atoms with van der Waals surface area (Å²) >= 11 is 0. The van der Waals surface area contributed by atoms with E-state index in [1.165, 1.54) is 76.9 Å². The predicted molar refractivity (Wildman–Crippen MR) is 76.7 cm³/mol. The predicted octanol–water partition coefficient (Wildman–Crippen LogP) is 4.60. The Morgan fingerprint density at radius 2 is 1.68 bits per heavy atom. The average molecular weight is 260 g/mol. The number of fused-ring (bicyclic) bond motifs is 5. The molecule has 0 aromatic heterocycles. The van der Waals surface area contributed by atoms with Crippen LogP contribution < -0.4 is 0 Å². The third kappa shape index (κ3) is 1.76. The van der Waals surface area contributed by atoms with Gasteiger partial charge in [-0.3, -0.25) is 0 Å². The van der Waals surface area contributed by atoms with Crippen LogP contribution in [0.15, 0.2) is 0 Å². The molecule has 0 bridgehead atoms. The molecule has 106 valence electrons. The van der Waals surface area contributed by atoms with E-state index in [1.54, 1.807) is 0 Å². The normalized spacial score (nSPS) is 52.9. The molecule has 0 saturated heterocycles. The second-order valence-electron chi connectivity index (χ2n) is 8.00. The molecule has 0 aromatic carbocycles. The van der Waals surface area contributed by atoms with Gasteiger partial charge in [-0.05, 0) is 74.5 Å². The van der Waals surface area contributed by atoms with Crippen LogP contribution in [0.25, 0.3) is 0 Å². The number of hydrogen-bond acceptors (Lipinski definition) is 1. The highest BCUT2D eigenvalue weighted by Crippen LogP contribution is 2.61. The summed E-state index contributed by atoms with van der Waals surface area (Å²) in [5.41, 5.74) is 0.116. The lowest BCUT2D eigenvalue weighted by atomic mass is 9.49. The van der Waals surface area contributed by atoms with Crippen molar-refractivity contribution in [1.82, 2.24) is 0 Å². The summed E-state index contributed by atoms with van der Waals surface area (Å²) in [5, 5.41) is 0. The highest BCUT2D eigenvalue weighted by atomic mass is 16.1. The smallest absolute Gasteiger partial charge is 0.126 e. The Bertz CT molecular complexity index is 363. The highest BCUT2D eigenvalue weighted by Gasteiger charge is 2.54. The van der Waals surface area contributed by atoms with Gasteiger partial charge in [0.2, 0.25) is 0 Å². The van der Waals surface area contributed by atoms with Crippen LogP contribution in [0.3, 0.4) is 0 Å². The summed E-state index contributed by atoms with van der Waals surface area (Å²) in [6.07, 6.45) is 16.7. The van der Waals surface area contributed by atoms with Crippen LogP contribution in [0.5, 0.6) is 0 Å². The van der Waals surface area contributed by atoms with Gasteiger partial charge in [0.25, 0.3) is 0 Å². The van der Waals surface area contributed by atoms with Crippen molar-refractivity contribution in [2.45, 2.75) is 70.6 Å². The highest BCUT2D eigenvalue weighted by molar-refractivity contribution is 5.60. The number of hydrogen-bond donors (Lipinski definition) is 0. The van der Waals surface area contributed by atoms with Gasteiger partial charge < -0.3 is 4.79 Å². The Balaban J connectivity index is 1.62. The molecular formula is C18H28O. The molecule has 0 aromatic rings. The summed E-state index contributed by atoms with van der Waals surface area (Å²) in [7, 11) is 0. The number of rotatable bonds is 1. The first-order valence-corrected chi connectivity index (χ1v) is 8.80. The Labute approximate surface area is 117 Å². The third-order valence-corrected chi connectivity index (χ3v) is 7.53. The standard InChI is InChI=1S/C18H28O/c19-12-18-10-2-1-6-17(18)16-8-7-13-4-3-5-14(13)15(16)9-11-18/h12-17H,1-11H2/t13-,14+,15-,16-,17+,18?/m0/s1. The van der Waals surface area contributed by atoms with Gasteiger partial charge >= 0.3 is 0 Å². The lowest BCUT2D eigenvalue weighted by Gasteiger charge is -2.55. The van der Waals surface area contributed by atoms with Crippen LogP contribution >= 0.6 is 0 Å². The van der Waals surface area contributed by atoms with Crippen LogP contribution in [0, 0.1) is 35.0 Å². The molecule has 4 saturated carbocycles. The average Bonchev–Trinajstić information content (AvgIpc) is 2.95. The van der Waals surface area contributed by atoms with Crippen LogP contribution in [0.1, 0.15) is 70.6 Å². The van der Waals surface area contributed by atoms with Crippen LogP contribution in [0.4, 0.5) is 0 Å². The zero-order chi connectivity index (χ0) is 12.9. The summed E-state index contributed by atoms with van der Waals surface area (Å²) in [6.45, 7) is 0. The molecule has 1 unspecified atom stereocenters. The molecule has 1 heteroatoms. The summed E-state index contributed by atoms with van der Waals surface area (Å²) in [5.74, 6) is 4.79. The van der Waals surface area contributed by atoms with Crippen molar-refractivity contribution >= 4 is 6.29 Å². The third-order valence-electron chi connectivity index (χ3n) is 7.53. The molecule has 4 aliphatic carbocycles. The van der Waals surface area contributed by atoms with Crippen LogP contribution in [-0.2, 0) is 4.79 Å². The largest absolute Gasteiger partial charge is 0.303 e. The first kappa shape index (κ1) is 12.4. The number of carbonyl (C=O) groups excluding carboxylic acids is 1. The minimum atomic E-state index is 0.116. The van der Waals surface area contributed by atoms with E-state index in [4.69, 9.17) is 0 Å². The van der Waals surface area contributed by atoms with E-state index in [-0.39, 0.29) is 5.41 Å². The molecule has 0 aliphatic heterocycles. The fraction of sp³-hybridized carbons (Fsp3) is 0.944. The molecule has 4 aliphatic rings. The zero-order valence-corrected chi connectivity index (χ0v) is 12.2. The minimum absolute atomic E-state index is 0.116. The lowest BCUT2D eigenvalue weighted by Crippen LogP contribution is -2.50. The van der Waals surface area contributed by atoms with Crippen LogP contribution in [0.2, 0.25) is 0 Å². The van der Waals surface area contributed by atoms with Gasteiger partial charge in [-0.2, -0.15) is 0 Å². The Morgan fingerprint density at radius 3 is 2.58 bits per heavy atom. The van der Waals surface area contributed by atoms with Gasteiger partial charge in [-0.25, -0.2) is 0 Å². The Hall–Kier alpha value is -0.330. The monoisotopic (exact) mass is 260 g/mol. The van der Waals surface area contributed by atoms with Crippen molar-refractivity contribution in [1.29, 1.82) is 0 Å². The summed E-state index contributed by atoms with van der Waals surface area (Å²) in [6, 6.07) is 0. The summed E-state index contributed by atoms with van der Waals surface area (Å²) < 4.78 is 0. The molecule has 0 N–H and O–H groups in total. The zero-order valence-electron chi connectivity index (χ0n) is 12.2. The van der Waals surface area contributed by atoms with Gasteiger partial charge in [0, 0.05) is 5.41 Å². The van der Waals surface area contributed by atoms with Crippen molar-refractivity contribution in [2.75, 3.05) is 0 Å². The maximum Gasteiger partial charge on any atom is 0.126 e. The van der Waals surface area contributed by atoms with E-state index in [1.807, 2.05) is 0 Å². The van der Waals surface area contributed by atoms with Crippen molar-refractivity contribution < 1.29 is 4.79 Å². The molecule has 1 nitrogen and oxygen atoms in total. The van der Waals surface area contributed by atoms with Crippen LogP contribution in [-0.4, -0.2) is 6.29 Å². The van der Waals surface area contributed by atoms with Gasteiger partial charge in [-0.15, -0.1) is 0 Å². The lowest BCUT2D eigenvalue weighted by molar-refractivity contribution is -0.133. The molecule has 6 atom stereocenters.